The fraction of sp³-hybridized carbons (Fsp3) is 0.529. The summed E-state index contributed by atoms with van der Waals surface area (Å²) in [7, 11) is 1.36. The van der Waals surface area contributed by atoms with E-state index in [4.69, 9.17) is 4.74 Å². The molecular formula is C17H25ClN2O3S. The van der Waals surface area contributed by atoms with Gasteiger partial charge < -0.3 is 15.4 Å². The number of ether oxygens (including phenoxy) is 1. The molecule has 2 unspecified atom stereocenters. The fourth-order valence-corrected chi connectivity index (χ4v) is 3.11. The Morgan fingerprint density at radius 1 is 1.38 bits per heavy atom. The number of carbonyl (C=O) groups excluding carboxylic acids is 2. The van der Waals surface area contributed by atoms with Gasteiger partial charge in [0.25, 0.3) is 0 Å². The van der Waals surface area contributed by atoms with Gasteiger partial charge in [-0.2, -0.15) is 0 Å². The quantitative estimate of drug-likeness (QED) is 0.593. The lowest BCUT2D eigenvalue weighted by atomic mass is 9.97. The van der Waals surface area contributed by atoms with E-state index in [0.717, 1.165) is 29.8 Å². The standard InChI is InChI=1S/C17H24N2O3S.ClH/c1-22-16(20)10-15(12-5-7-14(23-2)8-6-12)19-17(21)13-4-3-9-18-11-13;/h5-8,13,15,18H,3-4,9-11H2,1-2H3,(H,19,21);1H. The van der Waals surface area contributed by atoms with Crippen molar-refractivity contribution in [3.8, 4) is 0 Å². The average molecular weight is 373 g/mol. The first-order valence-electron chi connectivity index (χ1n) is 7.86. The Kier molecular flexibility index (Phi) is 9.18. The molecule has 24 heavy (non-hydrogen) atoms. The second kappa shape index (κ2) is 10.6. The number of nitrogens with one attached hydrogen (secondary N) is 2. The SMILES string of the molecule is COC(=O)CC(NC(=O)C1CCCNC1)c1ccc(SC)cc1.Cl. The van der Waals surface area contributed by atoms with Crippen LogP contribution in [-0.4, -0.2) is 38.3 Å². The van der Waals surface area contributed by atoms with Crippen LogP contribution in [0.1, 0.15) is 30.9 Å². The van der Waals surface area contributed by atoms with E-state index in [0.29, 0.717) is 6.54 Å². The zero-order valence-corrected chi connectivity index (χ0v) is 15.7. The Morgan fingerprint density at radius 2 is 2.08 bits per heavy atom. The monoisotopic (exact) mass is 372 g/mol. The molecule has 0 radical (unpaired) electrons. The smallest absolute Gasteiger partial charge is 0.307 e. The van der Waals surface area contributed by atoms with E-state index >= 15 is 0 Å². The molecule has 134 valence electrons. The van der Waals surface area contributed by atoms with Crippen LogP contribution in [0.25, 0.3) is 0 Å². The number of hydrogen-bond acceptors (Lipinski definition) is 5. The molecule has 0 bridgehead atoms. The molecule has 0 aromatic heterocycles. The molecule has 1 aromatic carbocycles. The van der Waals surface area contributed by atoms with Gasteiger partial charge in [0, 0.05) is 11.4 Å². The van der Waals surface area contributed by atoms with Crippen LogP contribution < -0.4 is 10.6 Å². The predicted molar refractivity (Wildman–Crippen MR) is 98.6 cm³/mol. The van der Waals surface area contributed by atoms with Crippen molar-refractivity contribution < 1.29 is 14.3 Å². The van der Waals surface area contributed by atoms with Gasteiger partial charge in [-0.3, -0.25) is 9.59 Å². The van der Waals surface area contributed by atoms with Gasteiger partial charge in [-0.05, 0) is 43.3 Å². The maximum absolute atomic E-state index is 12.5. The van der Waals surface area contributed by atoms with Crippen LogP contribution in [0.2, 0.25) is 0 Å². The molecule has 7 heteroatoms. The Labute approximate surface area is 153 Å². The molecule has 2 atom stereocenters. The number of carbonyl (C=O) groups is 2. The summed E-state index contributed by atoms with van der Waals surface area (Å²) in [6.45, 7) is 1.66. The average Bonchev–Trinajstić information content (AvgIpc) is 2.61. The summed E-state index contributed by atoms with van der Waals surface area (Å²) >= 11 is 1.66. The number of benzene rings is 1. The summed E-state index contributed by atoms with van der Waals surface area (Å²) in [6.07, 6.45) is 4.04. The van der Waals surface area contributed by atoms with Gasteiger partial charge in [-0.15, -0.1) is 24.2 Å². The Morgan fingerprint density at radius 3 is 2.62 bits per heavy atom. The Bertz CT molecular complexity index is 533. The lowest BCUT2D eigenvalue weighted by Gasteiger charge is -2.25. The number of methoxy groups -OCH3 is 1. The highest BCUT2D eigenvalue weighted by molar-refractivity contribution is 7.98. The molecule has 1 saturated heterocycles. The number of piperidine rings is 1. The van der Waals surface area contributed by atoms with E-state index in [2.05, 4.69) is 10.6 Å². The first kappa shape index (κ1) is 20.8. The van der Waals surface area contributed by atoms with Gasteiger partial charge in [0.2, 0.25) is 5.91 Å². The zero-order chi connectivity index (χ0) is 16.7. The third-order valence-electron chi connectivity index (χ3n) is 4.10. The lowest BCUT2D eigenvalue weighted by Crippen LogP contribution is -2.42. The largest absolute Gasteiger partial charge is 0.469 e. The number of esters is 1. The molecule has 2 N–H and O–H groups in total. The van der Waals surface area contributed by atoms with Gasteiger partial charge in [-0.1, -0.05) is 12.1 Å². The highest BCUT2D eigenvalue weighted by Crippen LogP contribution is 2.23. The van der Waals surface area contributed by atoms with Crippen molar-refractivity contribution in [2.24, 2.45) is 5.92 Å². The van der Waals surface area contributed by atoms with Crippen LogP contribution >= 0.6 is 24.2 Å². The van der Waals surface area contributed by atoms with E-state index in [9.17, 15) is 9.59 Å². The molecule has 1 aromatic rings. The molecule has 1 amide bonds. The Balaban J connectivity index is 0.00000288. The number of halogens is 1. The maximum atomic E-state index is 12.5. The van der Waals surface area contributed by atoms with Crippen molar-refractivity contribution in [1.82, 2.24) is 10.6 Å². The zero-order valence-electron chi connectivity index (χ0n) is 14.0. The molecule has 0 aliphatic carbocycles. The van der Waals surface area contributed by atoms with Gasteiger partial charge >= 0.3 is 5.97 Å². The van der Waals surface area contributed by atoms with Crippen molar-refractivity contribution in [1.29, 1.82) is 0 Å². The molecule has 2 rings (SSSR count). The minimum atomic E-state index is -0.354. The van der Waals surface area contributed by atoms with Crippen molar-refractivity contribution in [3.63, 3.8) is 0 Å². The summed E-state index contributed by atoms with van der Waals surface area (Å²) < 4.78 is 4.77. The number of amides is 1. The molecule has 1 aliphatic heterocycles. The maximum Gasteiger partial charge on any atom is 0.307 e. The summed E-state index contributed by atoms with van der Waals surface area (Å²) in [6, 6.07) is 7.56. The predicted octanol–water partition coefficient (Wildman–Crippen LogP) is 2.55. The van der Waals surface area contributed by atoms with Crippen LogP contribution in [-0.2, 0) is 14.3 Å². The lowest BCUT2D eigenvalue weighted by molar-refractivity contribution is -0.141. The van der Waals surface area contributed by atoms with Crippen LogP contribution in [0.5, 0.6) is 0 Å². The van der Waals surface area contributed by atoms with Crippen LogP contribution in [0.4, 0.5) is 0 Å². The highest BCUT2D eigenvalue weighted by atomic mass is 35.5. The van der Waals surface area contributed by atoms with Crippen molar-refractivity contribution >= 4 is 36.0 Å². The van der Waals surface area contributed by atoms with E-state index < -0.39 is 0 Å². The molecular weight excluding hydrogens is 348 g/mol. The summed E-state index contributed by atoms with van der Waals surface area (Å²) in [5.41, 5.74) is 0.922. The number of thioether (sulfide) groups is 1. The van der Waals surface area contributed by atoms with E-state index in [-0.39, 0.29) is 42.7 Å². The normalized spacial score (nSPS) is 18.2. The van der Waals surface area contributed by atoms with Gasteiger partial charge in [0.05, 0.1) is 25.5 Å². The van der Waals surface area contributed by atoms with Crippen LogP contribution in [0, 0.1) is 5.92 Å². The third-order valence-corrected chi connectivity index (χ3v) is 4.84. The van der Waals surface area contributed by atoms with E-state index in [1.54, 1.807) is 11.8 Å². The summed E-state index contributed by atoms with van der Waals surface area (Å²) in [4.78, 5) is 25.3. The van der Waals surface area contributed by atoms with Crippen LogP contribution in [0.15, 0.2) is 29.2 Å². The van der Waals surface area contributed by atoms with Crippen LogP contribution in [0.3, 0.4) is 0 Å². The number of hydrogen-bond donors (Lipinski definition) is 2. The fourth-order valence-electron chi connectivity index (χ4n) is 2.70. The minimum absolute atomic E-state index is 0. The van der Waals surface area contributed by atoms with Crippen molar-refractivity contribution in [3.05, 3.63) is 29.8 Å². The first-order valence-corrected chi connectivity index (χ1v) is 9.08. The molecule has 1 fully saturated rings. The summed E-state index contributed by atoms with van der Waals surface area (Å²) in [5, 5.41) is 6.26. The highest BCUT2D eigenvalue weighted by Gasteiger charge is 2.25. The second-order valence-corrected chi connectivity index (χ2v) is 6.54. The topological polar surface area (TPSA) is 67.4 Å². The second-order valence-electron chi connectivity index (χ2n) is 5.66. The molecule has 0 spiro atoms. The van der Waals surface area contributed by atoms with E-state index in [1.807, 2.05) is 30.5 Å². The first-order chi connectivity index (χ1) is 11.1. The Hall–Kier alpha value is -1.24. The van der Waals surface area contributed by atoms with Crippen molar-refractivity contribution in [2.45, 2.75) is 30.2 Å². The molecule has 1 heterocycles. The molecule has 5 nitrogen and oxygen atoms in total. The number of rotatable bonds is 6. The van der Waals surface area contributed by atoms with Crippen molar-refractivity contribution in [2.75, 3.05) is 26.5 Å². The van der Waals surface area contributed by atoms with Gasteiger partial charge in [0.1, 0.15) is 0 Å². The molecule has 1 aliphatic rings. The minimum Gasteiger partial charge on any atom is -0.469 e. The van der Waals surface area contributed by atoms with Gasteiger partial charge in [-0.25, -0.2) is 0 Å². The third kappa shape index (κ3) is 6.00. The van der Waals surface area contributed by atoms with Gasteiger partial charge in [0.15, 0.2) is 0 Å². The molecule has 0 saturated carbocycles. The summed E-state index contributed by atoms with van der Waals surface area (Å²) in [5.74, 6) is -0.361. The van der Waals surface area contributed by atoms with E-state index in [1.165, 1.54) is 7.11 Å².